The van der Waals surface area contributed by atoms with Gasteiger partial charge in [0.05, 0.1) is 30.1 Å². The predicted octanol–water partition coefficient (Wildman–Crippen LogP) is 4.52. The van der Waals surface area contributed by atoms with Crippen LogP contribution in [0.4, 0.5) is 5.69 Å². The summed E-state index contributed by atoms with van der Waals surface area (Å²) < 4.78 is 7.13. The number of hydrogen-bond acceptors (Lipinski definition) is 5. The highest BCUT2D eigenvalue weighted by atomic mass is 16.5. The molecule has 3 aromatic carbocycles. The van der Waals surface area contributed by atoms with E-state index in [4.69, 9.17) is 4.74 Å². The number of ether oxygens (including phenoxy) is 1. The van der Waals surface area contributed by atoms with E-state index in [2.05, 4.69) is 0 Å². The first-order valence-corrected chi connectivity index (χ1v) is 16.5. The Labute approximate surface area is 269 Å². The van der Waals surface area contributed by atoms with E-state index in [9.17, 15) is 14.7 Å². The second-order valence-corrected chi connectivity index (χ2v) is 13.0. The fourth-order valence-electron chi connectivity index (χ4n) is 8.33. The lowest BCUT2D eigenvalue weighted by Gasteiger charge is -2.41. The lowest BCUT2D eigenvalue weighted by Crippen LogP contribution is -2.59. The summed E-state index contributed by atoms with van der Waals surface area (Å²) in [6.45, 7) is 4.97. The van der Waals surface area contributed by atoms with E-state index in [1.807, 2.05) is 116 Å². The molecule has 6 atom stereocenters. The lowest BCUT2D eigenvalue weighted by atomic mass is 9.73. The number of amides is 3. The Balaban J connectivity index is 1.38. The molecule has 1 unspecified atom stereocenters. The van der Waals surface area contributed by atoms with Gasteiger partial charge >= 0.3 is 0 Å². The minimum atomic E-state index is -1.39. The monoisotopic (exact) mass is 619 g/mol. The fourth-order valence-corrected chi connectivity index (χ4v) is 8.33. The van der Waals surface area contributed by atoms with Gasteiger partial charge in [0.15, 0.2) is 0 Å². The van der Waals surface area contributed by atoms with Crippen molar-refractivity contribution < 1.29 is 24.2 Å². The van der Waals surface area contributed by atoms with Gasteiger partial charge in [0, 0.05) is 25.3 Å². The molecule has 2 saturated heterocycles. The highest BCUT2D eigenvalue weighted by molar-refractivity contribution is 6.07. The summed E-state index contributed by atoms with van der Waals surface area (Å²) in [5, 5.41) is 12.9. The van der Waals surface area contributed by atoms with Crippen molar-refractivity contribution in [1.29, 1.82) is 0 Å². The molecule has 4 aliphatic rings. The average Bonchev–Trinajstić information content (AvgIpc) is 3.38. The third-order valence-corrected chi connectivity index (χ3v) is 10.4. The van der Waals surface area contributed by atoms with Gasteiger partial charge in [-0.2, -0.15) is 0 Å². The number of likely N-dealkylation sites (tertiary alicyclic amines) is 1. The van der Waals surface area contributed by atoms with E-state index in [0.29, 0.717) is 31.6 Å². The molecule has 3 aromatic rings. The largest absolute Gasteiger partial charge is 0.394 e. The summed E-state index contributed by atoms with van der Waals surface area (Å²) in [5.74, 6) is -2.45. The van der Waals surface area contributed by atoms with Gasteiger partial charge in [-0.05, 0) is 47.7 Å². The van der Waals surface area contributed by atoms with Crippen molar-refractivity contribution in [3.63, 3.8) is 0 Å². The van der Waals surface area contributed by atoms with E-state index < -0.39 is 35.1 Å². The van der Waals surface area contributed by atoms with E-state index in [-0.39, 0.29) is 30.9 Å². The van der Waals surface area contributed by atoms with Crippen LogP contribution < -0.4 is 4.90 Å². The quantitative estimate of drug-likeness (QED) is 0.375. The summed E-state index contributed by atoms with van der Waals surface area (Å²) in [6.07, 6.45) is 9.35. The zero-order valence-electron chi connectivity index (χ0n) is 26.4. The summed E-state index contributed by atoms with van der Waals surface area (Å²) in [6, 6.07) is 21.8. The van der Waals surface area contributed by atoms with Gasteiger partial charge in [0.1, 0.15) is 11.6 Å². The summed E-state index contributed by atoms with van der Waals surface area (Å²) >= 11 is 0. The number of benzene rings is 3. The van der Waals surface area contributed by atoms with Crippen LogP contribution in [0.2, 0.25) is 0 Å². The Kier molecular flexibility index (Phi) is 7.81. The van der Waals surface area contributed by atoms with Crippen molar-refractivity contribution in [2.45, 2.75) is 56.4 Å². The van der Waals surface area contributed by atoms with Gasteiger partial charge in [-0.15, -0.1) is 0 Å². The summed E-state index contributed by atoms with van der Waals surface area (Å²) in [5.41, 5.74) is -0.775. The normalized spacial score (nSPS) is 29.5. The second-order valence-electron chi connectivity index (χ2n) is 13.0. The van der Waals surface area contributed by atoms with Crippen LogP contribution in [0.25, 0.3) is 10.8 Å². The molecule has 1 N–H and O–H groups in total. The van der Waals surface area contributed by atoms with Crippen LogP contribution in [-0.4, -0.2) is 82.2 Å². The molecule has 3 amide bonds. The van der Waals surface area contributed by atoms with Crippen LogP contribution >= 0.6 is 0 Å². The van der Waals surface area contributed by atoms with Crippen molar-refractivity contribution in [3.8, 4) is 0 Å². The zero-order valence-corrected chi connectivity index (χ0v) is 26.4. The number of anilines is 1. The third kappa shape index (κ3) is 4.61. The smallest absolute Gasteiger partial charge is 0.253 e. The Morgan fingerprint density at radius 2 is 1.59 bits per heavy atom. The number of rotatable bonds is 8. The first-order chi connectivity index (χ1) is 22.4. The molecule has 0 aliphatic carbocycles. The first-order valence-electron chi connectivity index (χ1n) is 16.5. The van der Waals surface area contributed by atoms with Crippen molar-refractivity contribution in [2.24, 2.45) is 11.8 Å². The van der Waals surface area contributed by atoms with Crippen LogP contribution in [0.5, 0.6) is 0 Å². The standard InChI is InChI=1S/C38H41N3O5/c1-3-20-39-21-10-18-37(4-2)31(34(39)43)32-35(44)41(30(25-42)23-26-12-6-5-7-13-26)33-36(45)40(22-11-19-38(32,33)46-37)29-17-16-27-14-8-9-15-28(27)24-29/h5-19,24,30-33,42H,3-4,20-23,25H2,1-2H3/t30-,31-,32+,33?,37+,38+/m1/s1. The number of nitrogens with zero attached hydrogens (tertiary/aromatic N) is 3. The molecule has 8 nitrogen and oxygen atoms in total. The van der Waals surface area contributed by atoms with Crippen LogP contribution in [0.3, 0.4) is 0 Å². The molecule has 4 aliphatic heterocycles. The van der Waals surface area contributed by atoms with Crippen molar-refractivity contribution in [2.75, 3.05) is 31.1 Å². The highest BCUT2D eigenvalue weighted by Gasteiger charge is 2.76. The van der Waals surface area contributed by atoms with Crippen LogP contribution in [0.1, 0.15) is 32.3 Å². The van der Waals surface area contributed by atoms with Crippen LogP contribution in [0.15, 0.2) is 97.1 Å². The molecule has 8 heteroatoms. The molecule has 0 radical (unpaired) electrons. The van der Waals surface area contributed by atoms with Gasteiger partial charge in [-0.1, -0.05) is 98.8 Å². The number of carbonyl (C=O) groups excluding carboxylic acids is 3. The SMILES string of the molecule is CCCN1CC=C[C@]2(CC)O[C@]34C=CCN(c5ccc6ccccc6c5)C(=O)C3N([C@@H](CO)Cc3ccccc3)C(=O)[C@@H]4[C@@H]2C1=O. The Morgan fingerprint density at radius 3 is 2.33 bits per heavy atom. The molecule has 1 spiro atoms. The van der Waals surface area contributed by atoms with Crippen LogP contribution in [0, 0.1) is 11.8 Å². The van der Waals surface area contributed by atoms with Crippen molar-refractivity contribution in [3.05, 3.63) is 103 Å². The summed E-state index contributed by atoms with van der Waals surface area (Å²) in [7, 11) is 0. The number of fused-ring (bicyclic) bond motifs is 3. The van der Waals surface area contributed by atoms with E-state index >= 15 is 4.79 Å². The maximum Gasteiger partial charge on any atom is 0.253 e. The van der Waals surface area contributed by atoms with Gasteiger partial charge in [-0.25, -0.2) is 0 Å². The first kappa shape index (κ1) is 30.4. The fraction of sp³-hybridized carbons (Fsp3) is 0.395. The Bertz CT molecular complexity index is 1720. The molecule has 238 valence electrons. The minimum Gasteiger partial charge on any atom is -0.394 e. The maximum absolute atomic E-state index is 15.1. The Morgan fingerprint density at radius 1 is 0.848 bits per heavy atom. The maximum atomic E-state index is 15.1. The number of carbonyl (C=O) groups is 3. The van der Waals surface area contributed by atoms with Gasteiger partial charge in [0.25, 0.3) is 5.91 Å². The Hall–Kier alpha value is -4.27. The topological polar surface area (TPSA) is 90.4 Å². The number of hydrogen-bond donors (Lipinski definition) is 1. The molecule has 7 rings (SSSR count). The lowest BCUT2D eigenvalue weighted by molar-refractivity contribution is -0.152. The second kappa shape index (κ2) is 11.8. The van der Waals surface area contributed by atoms with Crippen LogP contribution in [-0.2, 0) is 25.5 Å². The molecular weight excluding hydrogens is 578 g/mol. The molecule has 0 aromatic heterocycles. The zero-order chi connectivity index (χ0) is 32.1. The predicted molar refractivity (Wildman–Crippen MR) is 177 cm³/mol. The number of aliphatic hydroxyl groups is 1. The average molecular weight is 620 g/mol. The molecule has 46 heavy (non-hydrogen) atoms. The van der Waals surface area contributed by atoms with E-state index in [1.165, 1.54) is 0 Å². The molecular formula is C38H41N3O5. The van der Waals surface area contributed by atoms with Crippen molar-refractivity contribution >= 4 is 34.2 Å². The third-order valence-electron chi connectivity index (χ3n) is 10.4. The number of aliphatic hydroxyl groups excluding tert-OH is 1. The minimum absolute atomic E-state index is 0.121. The van der Waals surface area contributed by atoms with E-state index in [0.717, 1.165) is 22.8 Å². The van der Waals surface area contributed by atoms with Gasteiger partial charge in [0.2, 0.25) is 11.8 Å². The summed E-state index contributed by atoms with van der Waals surface area (Å²) in [4.78, 5) is 49.5. The molecule has 0 bridgehead atoms. The molecule has 0 saturated carbocycles. The highest BCUT2D eigenvalue weighted by Crippen LogP contribution is 2.59. The van der Waals surface area contributed by atoms with Gasteiger partial charge < -0.3 is 24.5 Å². The molecule has 4 heterocycles. The van der Waals surface area contributed by atoms with E-state index in [1.54, 1.807) is 9.80 Å². The molecule has 2 fully saturated rings. The van der Waals surface area contributed by atoms with Crippen molar-refractivity contribution in [1.82, 2.24) is 9.80 Å². The van der Waals surface area contributed by atoms with Gasteiger partial charge in [-0.3, -0.25) is 14.4 Å².